The quantitative estimate of drug-likeness (QED) is 0.226. The van der Waals surface area contributed by atoms with Crippen LogP contribution in [-0.4, -0.2) is 60.8 Å². The van der Waals surface area contributed by atoms with Gasteiger partial charge < -0.3 is 29.3 Å². The molecule has 1 saturated heterocycles. The lowest BCUT2D eigenvalue weighted by Crippen LogP contribution is -2.31. The van der Waals surface area contributed by atoms with Crippen molar-refractivity contribution in [2.45, 2.75) is 33.2 Å². The highest BCUT2D eigenvalue weighted by molar-refractivity contribution is 6.46. The van der Waals surface area contributed by atoms with E-state index in [0.29, 0.717) is 42.4 Å². The fourth-order valence-electron chi connectivity index (χ4n) is 4.07. The molecule has 35 heavy (non-hydrogen) atoms. The first-order chi connectivity index (χ1) is 16.7. The number of phenols is 1. The van der Waals surface area contributed by atoms with Crippen LogP contribution in [0.2, 0.25) is 0 Å². The summed E-state index contributed by atoms with van der Waals surface area (Å²) in [5.74, 6) is -0.558. The molecule has 1 fully saturated rings. The smallest absolute Gasteiger partial charge is 0.295 e. The van der Waals surface area contributed by atoms with E-state index in [1.165, 1.54) is 18.1 Å². The number of aliphatic hydroxyl groups is 1. The lowest BCUT2D eigenvalue weighted by Gasteiger charge is -2.25. The number of ether oxygens (including phenoxy) is 3. The number of nitrogens with zero attached hydrogens (tertiary/aromatic N) is 1. The Hall–Kier alpha value is -3.52. The molecule has 0 aromatic heterocycles. The molecule has 3 rings (SSSR count). The molecule has 2 aromatic rings. The number of rotatable bonds is 10. The zero-order chi connectivity index (χ0) is 25.7. The number of methoxy groups -OCH3 is 2. The van der Waals surface area contributed by atoms with E-state index >= 15 is 0 Å². The van der Waals surface area contributed by atoms with Crippen molar-refractivity contribution >= 4 is 17.4 Å². The molecule has 0 bridgehead atoms. The van der Waals surface area contributed by atoms with Crippen molar-refractivity contribution in [1.82, 2.24) is 4.90 Å². The zero-order valence-electron chi connectivity index (χ0n) is 20.8. The second kappa shape index (κ2) is 11.3. The molecule has 2 aromatic carbocycles. The summed E-state index contributed by atoms with van der Waals surface area (Å²) >= 11 is 0. The van der Waals surface area contributed by atoms with Crippen molar-refractivity contribution in [3.8, 4) is 17.2 Å². The number of hydrogen-bond donors (Lipinski definition) is 2. The number of amides is 1. The summed E-state index contributed by atoms with van der Waals surface area (Å²) in [7, 11) is 2.98. The van der Waals surface area contributed by atoms with E-state index in [9.17, 15) is 19.8 Å². The van der Waals surface area contributed by atoms with Gasteiger partial charge in [0.05, 0.1) is 25.3 Å². The van der Waals surface area contributed by atoms with Gasteiger partial charge in [-0.1, -0.05) is 19.9 Å². The largest absolute Gasteiger partial charge is 0.507 e. The number of benzene rings is 2. The number of aromatic hydroxyl groups is 1. The third kappa shape index (κ3) is 5.59. The number of carbonyl (C=O) groups is 2. The van der Waals surface area contributed by atoms with Crippen LogP contribution in [0.15, 0.2) is 42.0 Å². The zero-order valence-corrected chi connectivity index (χ0v) is 20.8. The van der Waals surface area contributed by atoms with Crippen LogP contribution in [0.1, 0.15) is 43.0 Å². The highest BCUT2D eigenvalue weighted by Gasteiger charge is 2.46. The number of aryl methyl sites for hydroxylation is 1. The highest BCUT2D eigenvalue weighted by Crippen LogP contribution is 2.42. The molecule has 2 N–H and O–H groups in total. The van der Waals surface area contributed by atoms with E-state index in [4.69, 9.17) is 14.2 Å². The van der Waals surface area contributed by atoms with Gasteiger partial charge >= 0.3 is 0 Å². The summed E-state index contributed by atoms with van der Waals surface area (Å²) in [5, 5.41) is 21.3. The lowest BCUT2D eigenvalue weighted by atomic mass is 9.94. The predicted molar refractivity (Wildman–Crippen MR) is 132 cm³/mol. The molecular weight excluding hydrogens is 450 g/mol. The van der Waals surface area contributed by atoms with Gasteiger partial charge in [0.1, 0.15) is 11.5 Å². The second-order valence-corrected chi connectivity index (χ2v) is 8.96. The van der Waals surface area contributed by atoms with Gasteiger partial charge in [0.25, 0.3) is 11.7 Å². The van der Waals surface area contributed by atoms with Crippen molar-refractivity contribution in [1.29, 1.82) is 0 Å². The van der Waals surface area contributed by atoms with Crippen LogP contribution in [0.5, 0.6) is 17.2 Å². The maximum Gasteiger partial charge on any atom is 0.295 e. The van der Waals surface area contributed by atoms with E-state index < -0.39 is 17.7 Å². The lowest BCUT2D eigenvalue weighted by molar-refractivity contribution is -0.140. The second-order valence-electron chi connectivity index (χ2n) is 8.96. The number of aliphatic hydroxyl groups excluding tert-OH is 1. The minimum Gasteiger partial charge on any atom is -0.507 e. The van der Waals surface area contributed by atoms with Gasteiger partial charge in [-0.15, -0.1) is 0 Å². The molecular formula is C27H33NO7. The fraction of sp³-hybridized carbons (Fsp3) is 0.407. The first-order valence-corrected chi connectivity index (χ1v) is 11.6. The Morgan fingerprint density at radius 1 is 1.09 bits per heavy atom. The first kappa shape index (κ1) is 26.1. The van der Waals surface area contributed by atoms with Gasteiger partial charge in [0, 0.05) is 25.8 Å². The molecule has 188 valence electrons. The van der Waals surface area contributed by atoms with E-state index in [0.717, 1.165) is 5.56 Å². The molecule has 1 amide bonds. The van der Waals surface area contributed by atoms with E-state index in [1.54, 1.807) is 37.4 Å². The molecule has 0 aliphatic carbocycles. The molecule has 1 heterocycles. The topological polar surface area (TPSA) is 106 Å². The van der Waals surface area contributed by atoms with Gasteiger partial charge in [-0.05, 0) is 60.7 Å². The Labute approximate surface area is 205 Å². The summed E-state index contributed by atoms with van der Waals surface area (Å²) in [4.78, 5) is 27.6. The van der Waals surface area contributed by atoms with Crippen molar-refractivity contribution in [3.05, 3.63) is 58.7 Å². The Bertz CT molecular complexity index is 1120. The molecule has 0 saturated carbocycles. The molecule has 1 unspecified atom stereocenters. The van der Waals surface area contributed by atoms with Crippen LogP contribution in [-0.2, 0) is 14.3 Å². The van der Waals surface area contributed by atoms with Crippen molar-refractivity contribution in [3.63, 3.8) is 0 Å². The van der Waals surface area contributed by atoms with Gasteiger partial charge in [0.2, 0.25) is 0 Å². The van der Waals surface area contributed by atoms with Crippen LogP contribution >= 0.6 is 0 Å². The normalized spacial score (nSPS) is 17.3. The molecule has 8 heteroatoms. The fourth-order valence-corrected chi connectivity index (χ4v) is 4.07. The minimum atomic E-state index is -0.849. The summed E-state index contributed by atoms with van der Waals surface area (Å²) in [6, 6.07) is 8.92. The maximum absolute atomic E-state index is 13.2. The highest BCUT2D eigenvalue weighted by atomic mass is 16.5. The molecule has 1 atom stereocenters. The summed E-state index contributed by atoms with van der Waals surface area (Å²) < 4.78 is 16.2. The van der Waals surface area contributed by atoms with Gasteiger partial charge in [0.15, 0.2) is 11.5 Å². The standard InChI is InChI=1S/C27H33NO7/c1-16(2)15-35-21-10-8-19(13-17(21)3)25(30)23-24(18-7-9-20(29)22(14-18)34-5)28(11-6-12-33-4)27(32)26(23)31/h7-10,13-14,16,24,29-30H,6,11-12,15H2,1-5H3/b25-23-. The van der Waals surface area contributed by atoms with E-state index in [2.05, 4.69) is 13.8 Å². The Kier molecular flexibility index (Phi) is 8.40. The molecule has 0 radical (unpaired) electrons. The number of ketones is 1. The van der Waals surface area contributed by atoms with Crippen molar-refractivity contribution in [2.24, 2.45) is 5.92 Å². The van der Waals surface area contributed by atoms with Crippen LogP contribution < -0.4 is 9.47 Å². The summed E-state index contributed by atoms with van der Waals surface area (Å²) in [5.41, 5.74) is 1.72. The average Bonchev–Trinajstić information content (AvgIpc) is 3.08. The third-order valence-corrected chi connectivity index (χ3v) is 5.83. The van der Waals surface area contributed by atoms with Crippen LogP contribution in [0.4, 0.5) is 0 Å². The molecule has 0 spiro atoms. The number of hydrogen-bond acceptors (Lipinski definition) is 7. The van der Waals surface area contributed by atoms with E-state index in [-0.39, 0.29) is 29.4 Å². The predicted octanol–water partition coefficient (Wildman–Crippen LogP) is 4.20. The Morgan fingerprint density at radius 3 is 2.46 bits per heavy atom. The Balaban J connectivity index is 2.10. The number of likely N-dealkylation sites (tertiary alicyclic amines) is 1. The third-order valence-electron chi connectivity index (χ3n) is 5.83. The van der Waals surface area contributed by atoms with Gasteiger partial charge in [-0.2, -0.15) is 0 Å². The minimum absolute atomic E-state index is 0.0181. The maximum atomic E-state index is 13.2. The number of Topliss-reactive ketones (excluding diaryl/α,β-unsaturated/α-hetero) is 1. The average molecular weight is 484 g/mol. The van der Waals surface area contributed by atoms with Crippen LogP contribution in [0.25, 0.3) is 5.76 Å². The van der Waals surface area contributed by atoms with E-state index in [1.807, 2.05) is 6.92 Å². The van der Waals surface area contributed by atoms with Crippen molar-refractivity contribution in [2.75, 3.05) is 34.0 Å². The number of carbonyl (C=O) groups excluding carboxylic acids is 2. The van der Waals surface area contributed by atoms with Gasteiger partial charge in [-0.3, -0.25) is 9.59 Å². The first-order valence-electron chi connectivity index (χ1n) is 11.6. The summed E-state index contributed by atoms with van der Waals surface area (Å²) in [6.45, 7) is 7.19. The SMILES string of the molecule is COCCCN1C(=O)C(=O)/C(=C(\O)c2ccc(OCC(C)C)c(C)c2)C1c1ccc(O)c(OC)c1. The van der Waals surface area contributed by atoms with Crippen LogP contribution in [0.3, 0.4) is 0 Å². The Morgan fingerprint density at radius 2 is 1.83 bits per heavy atom. The van der Waals surface area contributed by atoms with Gasteiger partial charge in [-0.25, -0.2) is 0 Å². The van der Waals surface area contributed by atoms with Crippen LogP contribution in [0, 0.1) is 12.8 Å². The molecule has 1 aliphatic rings. The molecule has 8 nitrogen and oxygen atoms in total. The molecule has 1 aliphatic heterocycles. The number of phenolic OH excluding ortho intramolecular Hbond substituents is 1. The summed E-state index contributed by atoms with van der Waals surface area (Å²) in [6.07, 6.45) is 0.510. The monoisotopic (exact) mass is 483 g/mol. The van der Waals surface area contributed by atoms with Crippen molar-refractivity contribution < 1.29 is 34.0 Å².